The predicted octanol–water partition coefficient (Wildman–Crippen LogP) is 3.73. The standard InChI is InChI=1S/C36H55N5O6S/c1-23(2)29(21-25(4)32(43)40-48(46,47)28-17-15-24(3)16-18-28)41(11)34(45)31(35(5,6)7)39-33(44)30(37-10)36(8,9)26-13-12-14-27(22-26)38-19-20-42/h12-18,21-23,29-31,37-38,42H,19-20H2,1-11H3,(H,39,44)(H,40,43)/b25-21+/t29-,30-,31-/m1/s1. The van der Waals surface area contributed by atoms with Crippen molar-refractivity contribution in [3.63, 3.8) is 0 Å². The van der Waals surface area contributed by atoms with Crippen molar-refractivity contribution in [2.24, 2.45) is 11.3 Å². The molecule has 0 aliphatic rings. The second-order valence-electron chi connectivity index (χ2n) is 14.3. The molecule has 0 bridgehead atoms. The van der Waals surface area contributed by atoms with Gasteiger partial charge in [-0.05, 0) is 62.1 Å². The highest BCUT2D eigenvalue weighted by Gasteiger charge is 2.41. The fraction of sp³-hybridized carbons (Fsp3) is 0.528. The van der Waals surface area contributed by atoms with Crippen LogP contribution in [-0.2, 0) is 29.8 Å². The number of nitrogens with zero attached hydrogens (tertiary/aromatic N) is 1. The number of hydrogen-bond acceptors (Lipinski definition) is 8. The quantitative estimate of drug-likeness (QED) is 0.178. The Morgan fingerprint density at radius 1 is 0.979 bits per heavy atom. The number of carbonyl (C=O) groups excluding carboxylic acids is 3. The average Bonchev–Trinajstić information content (AvgIpc) is 3.00. The third-order valence-corrected chi connectivity index (χ3v) is 9.88. The third kappa shape index (κ3) is 10.4. The summed E-state index contributed by atoms with van der Waals surface area (Å²) < 4.78 is 27.8. The molecule has 48 heavy (non-hydrogen) atoms. The van der Waals surface area contributed by atoms with Gasteiger partial charge in [0.25, 0.3) is 15.9 Å². The van der Waals surface area contributed by atoms with Crippen molar-refractivity contribution in [2.45, 2.75) is 90.7 Å². The molecular weight excluding hydrogens is 630 g/mol. The van der Waals surface area contributed by atoms with Gasteiger partial charge in [-0.15, -0.1) is 0 Å². The van der Waals surface area contributed by atoms with E-state index in [1.807, 2.05) is 79.7 Å². The first-order valence-corrected chi connectivity index (χ1v) is 17.7. The lowest BCUT2D eigenvalue weighted by molar-refractivity contribution is -0.140. The molecule has 0 saturated heterocycles. The summed E-state index contributed by atoms with van der Waals surface area (Å²) in [5.74, 6) is -1.65. The zero-order valence-corrected chi connectivity index (χ0v) is 31.1. The SMILES string of the molecule is CN[C@H](C(=O)N[C@H](C(=O)N(C)[C@H](/C=C(\C)C(=O)NS(=O)(=O)c1ccc(C)cc1)C(C)C)C(C)(C)C)C(C)(C)c1cccc(NCCO)c1. The zero-order chi connectivity index (χ0) is 36.6. The molecule has 0 heterocycles. The smallest absolute Gasteiger partial charge is 0.264 e. The number of hydrogen-bond donors (Lipinski definition) is 5. The molecule has 0 fully saturated rings. The molecule has 2 aromatic carbocycles. The lowest BCUT2D eigenvalue weighted by Gasteiger charge is -2.40. The van der Waals surface area contributed by atoms with E-state index in [0.29, 0.717) is 6.54 Å². The van der Waals surface area contributed by atoms with Crippen LogP contribution in [0.15, 0.2) is 65.1 Å². The molecule has 2 rings (SSSR count). The number of anilines is 1. The molecule has 2 aromatic rings. The minimum atomic E-state index is -4.10. The van der Waals surface area contributed by atoms with Crippen molar-refractivity contribution in [2.75, 3.05) is 32.6 Å². The van der Waals surface area contributed by atoms with Crippen LogP contribution < -0.4 is 20.7 Å². The number of likely N-dealkylation sites (N-methyl/N-ethyl adjacent to an activating group) is 2. The summed E-state index contributed by atoms with van der Waals surface area (Å²) in [7, 11) is -0.779. The highest BCUT2D eigenvalue weighted by Crippen LogP contribution is 2.31. The normalized spacial score (nSPS) is 14.6. The van der Waals surface area contributed by atoms with Gasteiger partial charge >= 0.3 is 0 Å². The van der Waals surface area contributed by atoms with Crippen molar-refractivity contribution < 1.29 is 27.9 Å². The first kappa shape index (κ1) is 40.4. The van der Waals surface area contributed by atoms with Crippen molar-refractivity contribution in [1.29, 1.82) is 0 Å². The molecule has 5 N–H and O–H groups in total. The minimum Gasteiger partial charge on any atom is -0.395 e. The fourth-order valence-electron chi connectivity index (χ4n) is 5.50. The molecule has 0 radical (unpaired) electrons. The van der Waals surface area contributed by atoms with Gasteiger partial charge in [0.05, 0.1) is 23.6 Å². The average molecular weight is 686 g/mol. The Kier molecular flexibility index (Phi) is 14.0. The van der Waals surface area contributed by atoms with E-state index in [1.54, 1.807) is 32.3 Å². The Morgan fingerprint density at radius 2 is 1.58 bits per heavy atom. The fourth-order valence-corrected chi connectivity index (χ4v) is 6.52. The van der Waals surface area contributed by atoms with E-state index in [4.69, 9.17) is 0 Å². The van der Waals surface area contributed by atoms with Gasteiger partial charge in [0.2, 0.25) is 11.8 Å². The van der Waals surface area contributed by atoms with Crippen LogP contribution in [0.25, 0.3) is 0 Å². The number of sulfonamides is 1. The first-order chi connectivity index (χ1) is 22.2. The summed E-state index contributed by atoms with van der Waals surface area (Å²) in [6.07, 6.45) is 1.58. The van der Waals surface area contributed by atoms with E-state index in [2.05, 4.69) is 20.7 Å². The number of aliphatic hydroxyl groups excluding tert-OH is 1. The van der Waals surface area contributed by atoms with Gasteiger partial charge in [-0.25, -0.2) is 13.1 Å². The first-order valence-electron chi connectivity index (χ1n) is 16.2. The van der Waals surface area contributed by atoms with Crippen LogP contribution in [0.2, 0.25) is 0 Å². The lowest BCUT2D eigenvalue weighted by atomic mass is 9.76. The Bertz CT molecular complexity index is 1560. The van der Waals surface area contributed by atoms with Crippen molar-refractivity contribution >= 4 is 33.4 Å². The van der Waals surface area contributed by atoms with Crippen LogP contribution in [0.1, 0.15) is 66.5 Å². The summed E-state index contributed by atoms with van der Waals surface area (Å²) in [6, 6.07) is 11.6. The van der Waals surface area contributed by atoms with E-state index in [0.717, 1.165) is 16.8 Å². The van der Waals surface area contributed by atoms with E-state index in [9.17, 15) is 27.9 Å². The molecule has 0 aliphatic heterocycles. The topological polar surface area (TPSA) is 157 Å². The van der Waals surface area contributed by atoms with Crippen LogP contribution >= 0.6 is 0 Å². The molecule has 0 spiro atoms. The Labute approximate surface area is 287 Å². The Morgan fingerprint density at radius 3 is 2.10 bits per heavy atom. The van der Waals surface area contributed by atoms with E-state index >= 15 is 0 Å². The summed E-state index contributed by atoms with van der Waals surface area (Å²) in [5, 5.41) is 18.5. The lowest BCUT2D eigenvalue weighted by Crippen LogP contribution is -2.61. The molecule has 11 nitrogen and oxygen atoms in total. The molecule has 3 atom stereocenters. The maximum Gasteiger partial charge on any atom is 0.264 e. The molecule has 0 aliphatic carbocycles. The van der Waals surface area contributed by atoms with Gasteiger partial charge in [-0.2, -0.15) is 0 Å². The number of carbonyl (C=O) groups is 3. The summed E-state index contributed by atoms with van der Waals surface area (Å²) in [4.78, 5) is 42.6. The van der Waals surface area contributed by atoms with E-state index < -0.39 is 44.9 Å². The summed E-state index contributed by atoms with van der Waals surface area (Å²) in [6.45, 7) is 17.0. The number of aryl methyl sites for hydroxylation is 1. The summed E-state index contributed by atoms with van der Waals surface area (Å²) >= 11 is 0. The monoisotopic (exact) mass is 685 g/mol. The Balaban J connectivity index is 2.34. The van der Waals surface area contributed by atoms with Gasteiger partial charge in [0, 0.05) is 30.3 Å². The second kappa shape index (κ2) is 16.6. The number of benzene rings is 2. The number of nitrogens with one attached hydrogen (secondary N) is 4. The van der Waals surface area contributed by atoms with Crippen LogP contribution in [0, 0.1) is 18.3 Å². The second-order valence-corrected chi connectivity index (χ2v) is 15.9. The third-order valence-electron chi connectivity index (χ3n) is 8.53. The van der Waals surface area contributed by atoms with E-state index in [1.165, 1.54) is 24.0 Å². The molecule has 266 valence electrons. The number of amides is 3. The maximum absolute atomic E-state index is 14.2. The van der Waals surface area contributed by atoms with Crippen molar-refractivity contribution in [3.05, 3.63) is 71.3 Å². The van der Waals surface area contributed by atoms with Crippen molar-refractivity contribution in [3.8, 4) is 0 Å². The van der Waals surface area contributed by atoms with Gasteiger partial charge < -0.3 is 26.0 Å². The summed E-state index contributed by atoms with van der Waals surface area (Å²) in [5.41, 5.74) is 1.35. The van der Waals surface area contributed by atoms with Crippen LogP contribution in [-0.4, -0.2) is 81.5 Å². The largest absolute Gasteiger partial charge is 0.395 e. The van der Waals surface area contributed by atoms with Gasteiger partial charge in [0.15, 0.2) is 0 Å². The van der Waals surface area contributed by atoms with Crippen LogP contribution in [0.4, 0.5) is 5.69 Å². The molecule has 0 unspecified atom stereocenters. The minimum absolute atomic E-state index is 0.0119. The van der Waals surface area contributed by atoms with Crippen LogP contribution in [0.5, 0.6) is 0 Å². The van der Waals surface area contributed by atoms with Crippen LogP contribution in [0.3, 0.4) is 0 Å². The molecule has 0 saturated carbocycles. The molecule has 3 amide bonds. The predicted molar refractivity (Wildman–Crippen MR) is 191 cm³/mol. The zero-order valence-electron chi connectivity index (χ0n) is 30.3. The molecule has 12 heteroatoms. The number of aliphatic hydroxyl groups is 1. The highest BCUT2D eigenvalue weighted by atomic mass is 32.2. The molecular formula is C36H55N5O6S. The molecule has 0 aromatic heterocycles. The van der Waals surface area contributed by atoms with Gasteiger partial charge in [-0.1, -0.05) is 84.4 Å². The highest BCUT2D eigenvalue weighted by molar-refractivity contribution is 7.90. The van der Waals surface area contributed by atoms with E-state index in [-0.39, 0.29) is 34.8 Å². The van der Waals surface area contributed by atoms with Crippen molar-refractivity contribution in [1.82, 2.24) is 20.3 Å². The van der Waals surface area contributed by atoms with Gasteiger partial charge in [0.1, 0.15) is 6.04 Å². The maximum atomic E-state index is 14.2. The van der Waals surface area contributed by atoms with Gasteiger partial charge in [-0.3, -0.25) is 14.4 Å². The Hall–Kier alpha value is -3.74. The number of rotatable bonds is 15.